The van der Waals surface area contributed by atoms with Gasteiger partial charge in [-0.3, -0.25) is 0 Å². The van der Waals surface area contributed by atoms with Crippen LogP contribution in [-0.2, 0) is 4.74 Å². The number of aromatic nitrogens is 1. The standard InChI is InChI=1S/C14H19N3OS/c1-2-15-9-11-10-18-8-7-17(11)14-16-12-5-3-4-6-13(12)19-14/h3-6,11,15H,2,7-10H2,1H3. The largest absolute Gasteiger partial charge is 0.377 e. The highest BCUT2D eigenvalue weighted by Crippen LogP contribution is 2.30. The van der Waals surface area contributed by atoms with Crippen molar-refractivity contribution in [1.82, 2.24) is 10.3 Å². The fraction of sp³-hybridized carbons (Fsp3) is 0.500. The van der Waals surface area contributed by atoms with Crippen molar-refractivity contribution in [3.63, 3.8) is 0 Å². The van der Waals surface area contributed by atoms with Crippen molar-refractivity contribution >= 4 is 26.7 Å². The van der Waals surface area contributed by atoms with Gasteiger partial charge in [0, 0.05) is 13.1 Å². The van der Waals surface area contributed by atoms with Crippen molar-refractivity contribution in [3.8, 4) is 0 Å². The monoisotopic (exact) mass is 277 g/mol. The Balaban J connectivity index is 1.84. The molecule has 0 aliphatic carbocycles. The maximum absolute atomic E-state index is 5.60. The number of para-hydroxylation sites is 1. The summed E-state index contributed by atoms with van der Waals surface area (Å²) in [6, 6.07) is 8.71. The first kappa shape index (κ1) is 12.8. The fourth-order valence-corrected chi connectivity index (χ4v) is 3.43. The van der Waals surface area contributed by atoms with Crippen LogP contribution >= 0.6 is 11.3 Å². The molecule has 1 N–H and O–H groups in total. The van der Waals surface area contributed by atoms with Crippen molar-refractivity contribution in [1.29, 1.82) is 0 Å². The van der Waals surface area contributed by atoms with E-state index in [0.717, 1.165) is 43.5 Å². The van der Waals surface area contributed by atoms with Crippen molar-refractivity contribution in [2.45, 2.75) is 13.0 Å². The van der Waals surface area contributed by atoms with Gasteiger partial charge in [-0.05, 0) is 18.7 Å². The van der Waals surface area contributed by atoms with Gasteiger partial charge in [-0.15, -0.1) is 0 Å². The van der Waals surface area contributed by atoms with E-state index >= 15 is 0 Å². The van der Waals surface area contributed by atoms with Crippen LogP contribution in [-0.4, -0.2) is 43.9 Å². The van der Waals surface area contributed by atoms with Crippen molar-refractivity contribution in [3.05, 3.63) is 24.3 Å². The summed E-state index contributed by atoms with van der Waals surface area (Å²) in [5.41, 5.74) is 1.09. The second kappa shape index (κ2) is 5.86. The SMILES string of the molecule is CCNCC1COCCN1c1nc2ccccc2s1. The molecular formula is C14H19N3OS. The Morgan fingerprint density at radius 3 is 3.21 bits per heavy atom. The highest BCUT2D eigenvalue weighted by atomic mass is 32.1. The van der Waals surface area contributed by atoms with E-state index in [1.807, 2.05) is 6.07 Å². The molecule has 1 fully saturated rings. The zero-order chi connectivity index (χ0) is 13.1. The molecule has 19 heavy (non-hydrogen) atoms. The Morgan fingerprint density at radius 1 is 1.47 bits per heavy atom. The molecule has 5 heteroatoms. The van der Waals surface area contributed by atoms with Gasteiger partial charge in [0.25, 0.3) is 0 Å². The van der Waals surface area contributed by atoms with Gasteiger partial charge in [-0.2, -0.15) is 0 Å². The van der Waals surface area contributed by atoms with Gasteiger partial charge in [0.05, 0.1) is 29.5 Å². The number of anilines is 1. The summed E-state index contributed by atoms with van der Waals surface area (Å²) < 4.78 is 6.86. The van der Waals surface area contributed by atoms with Crippen molar-refractivity contribution in [2.75, 3.05) is 37.7 Å². The lowest BCUT2D eigenvalue weighted by atomic mass is 10.2. The molecule has 0 bridgehead atoms. The zero-order valence-corrected chi connectivity index (χ0v) is 11.9. The molecule has 102 valence electrons. The molecule has 0 amide bonds. The van der Waals surface area contributed by atoms with Crippen LogP contribution in [0, 0.1) is 0 Å². The molecule has 1 aliphatic rings. The van der Waals surface area contributed by atoms with E-state index in [9.17, 15) is 0 Å². The Labute approximate surface area is 117 Å². The lowest BCUT2D eigenvalue weighted by molar-refractivity contribution is 0.0939. The van der Waals surface area contributed by atoms with Crippen LogP contribution in [0.2, 0.25) is 0 Å². The molecule has 2 heterocycles. The van der Waals surface area contributed by atoms with Gasteiger partial charge in [0.1, 0.15) is 0 Å². The predicted octanol–water partition coefficient (Wildman–Crippen LogP) is 2.11. The molecule has 0 spiro atoms. The normalized spacial score (nSPS) is 20.1. The van der Waals surface area contributed by atoms with E-state index in [4.69, 9.17) is 9.72 Å². The lowest BCUT2D eigenvalue weighted by Gasteiger charge is -2.35. The predicted molar refractivity (Wildman–Crippen MR) is 80.1 cm³/mol. The van der Waals surface area contributed by atoms with E-state index in [-0.39, 0.29) is 0 Å². The van der Waals surface area contributed by atoms with Gasteiger partial charge in [0.15, 0.2) is 5.13 Å². The molecule has 1 aliphatic heterocycles. The molecule has 3 rings (SSSR count). The molecule has 1 saturated heterocycles. The second-order valence-corrected chi connectivity index (χ2v) is 5.70. The average molecular weight is 277 g/mol. The number of rotatable bonds is 4. The number of fused-ring (bicyclic) bond motifs is 1. The Bertz CT molecular complexity index is 509. The highest BCUT2D eigenvalue weighted by molar-refractivity contribution is 7.22. The summed E-state index contributed by atoms with van der Waals surface area (Å²) in [4.78, 5) is 7.14. The van der Waals surface area contributed by atoms with Crippen LogP contribution in [0.1, 0.15) is 6.92 Å². The number of nitrogens with zero attached hydrogens (tertiary/aromatic N) is 2. The van der Waals surface area contributed by atoms with Gasteiger partial charge in [-0.1, -0.05) is 30.4 Å². The highest BCUT2D eigenvalue weighted by Gasteiger charge is 2.25. The van der Waals surface area contributed by atoms with Crippen LogP contribution in [0.4, 0.5) is 5.13 Å². The van der Waals surface area contributed by atoms with Crippen LogP contribution in [0.25, 0.3) is 10.2 Å². The first-order valence-electron chi connectivity index (χ1n) is 6.79. The summed E-state index contributed by atoms with van der Waals surface area (Å²) in [5, 5.41) is 4.52. The van der Waals surface area contributed by atoms with Crippen molar-refractivity contribution in [2.24, 2.45) is 0 Å². The molecule has 4 nitrogen and oxygen atoms in total. The van der Waals surface area contributed by atoms with E-state index in [1.54, 1.807) is 11.3 Å². The van der Waals surface area contributed by atoms with Gasteiger partial charge >= 0.3 is 0 Å². The third-order valence-corrected chi connectivity index (χ3v) is 4.46. The van der Waals surface area contributed by atoms with Crippen molar-refractivity contribution < 1.29 is 4.74 Å². The topological polar surface area (TPSA) is 37.4 Å². The Kier molecular flexibility index (Phi) is 3.96. The van der Waals surface area contributed by atoms with Crippen LogP contribution in [0.15, 0.2) is 24.3 Å². The van der Waals surface area contributed by atoms with Crippen LogP contribution < -0.4 is 10.2 Å². The van der Waals surface area contributed by atoms with Crippen LogP contribution in [0.3, 0.4) is 0 Å². The second-order valence-electron chi connectivity index (χ2n) is 4.69. The maximum Gasteiger partial charge on any atom is 0.186 e. The lowest BCUT2D eigenvalue weighted by Crippen LogP contribution is -2.50. The number of thiazole rings is 1. The summed E-state index contributed by atoms with van der Waals surface area (Å²) in [6.45, 7) is 6.57. The minimum Gasteiger partial charge on any atom is -0.377 e. The maximum atomic E-state index is 5.60. The number of likely N-dealkylation sites (N-methyl/N-ethyl adjacent to an activating group) is 1. The Morgan fingerprint density at radius 2 is 2.37 bits per heavy atom. The third-order valence-electron chi connectivity index (χ3n) is 3.39. The number of benzene rings is 1. The smallest absolute Gasteiger partial charge is 0.186 e. The van der Waals surface area contributed by atoms with E-state index in [1.165, 1.54) is 4.70 Å². The first-order chi connectivity index (χ1) is 9.38. The molecule has 2 aromatic rings. The average Bonchev–Trinajstić information content (AvgIpc) is 2.89. The number of nitrogens with one attached hydrogen (secondary N) is 1. The third kappa shape index (κ3) is 2.73. The van der Waals surface area contributed by atoms with Gasteiger partial charge < -0.3 is 15.0 Å². The number of ether oxygens (including phenoxy) is 1. The molecule has 0 saturated carbocycles. The van der Waals surface area contributed by atoms with Gasteiger partial charge in [0.2, 0.25) is 0 Å². The quantitative estimate of drug-likeness (QED) is 0.929. The first-order valence-corrected chi connectivity index (χ1v) is 7.61. The molecule has 1 aromatic carbocycles. The molecule has 1 atom stereocenters. The van der Waals surface area contributed by atoms with E-state index in [2.05, 4.69) is 35.3 Å². The van der Waals surface area contributed by atoms with E-state index < -0.39 is 0 Å². The minimum absolute atomic E-state index is 0.384. The zero-order valence-electron chi connectivity index (χ0n) is 11.1. The Hall–Kier alpha value is -1.17. The van der Waals surface area contributed by atoms with Gasteiger partial charge in [-0.25, -0.2) is 4.98 Å². The molecule has 0 radical (unpaired) electrons. The summed E-state index contributed by atoms with van der Waals surface area (Å²) in [5.74, 6) is 0. The molecular weight excluding hydrogens is 258 g/mol. The molecule has 1 aromatic heterocycles. The fourth-order valence-electron chi connectivity index (χ4n) is 2.37. The number of morpholine rings is 1. The number of hydrogen-bond acceptors (Lipinski definition) is 5. The summed E-state index contributed by atoms with van der Waals surface area (Å²) in [7, 11) is 0. The minimum atomic E-state index is 0.384. The molecule has 1 unspecified atom stereocenters. The van der Waals surface area contributed by atoms with E-state index in [0.29, 0.717) is 6.04 Å². The number of hydrogen-bond donors (Lipinski definition) is 1. The summed E-state index contributed by atoms with van der Waals surface area (Å²) in [6.07, 6.45) is 0. The van der Waals surface area contributed by atoms with Crippen LogP contribution in [0.5, 0.6) is 0 Å². The summed E-state index contributed by atoms with van der Waals surface area (Å²) >= 11 is 1.77.